The van der Waals surface area contributed by atoms with E-state index in [9.17, 15) is 9.90 Å². The third-order valence-corrected chi connectivity index (χ3v) is 6.40. The van der Waals surface area contributed by atoms with E-state index in [0.717, 1.165) is 18.4 Å². The largest absolute Gasteiger partial charge is 0.396 e. The van der Waals surface area contributed by atoms with Gasteiger partial charge >= 0.3 is 0 Å². The van der Waals surface area contributed by atoms with E-state index in [-0.39, 0.29) is 18.1 Å². The Hall–Kier alpha value is -0.910. The number of aliphatic hydroxyl groups is 1. The summed E-state index contributed by atoms with van der Waals surface area (Å²) in [6, 6.07) is 2.09. The zero-order chi connectivity index (χ0) is 16.1. The van der Waals surface area contributed by atoms with E-state index in [0.29, 0.717) is 25.6 Å². The molecule has 2 N–H and O–H groups in total. The predicted octanol–water partition coefficient (Wildman–Crippen LogP) is 3.46. The van der Waals surface area contributed by atoms with Crippen molar-refractivity contribution in [1.82, 2.24) is 5.32 Å². The maximum atomic E-state index is 12.7. The summed E-state index contributed by atoms with van der Waals surface area (Å²) in [5.41, 5.74) is 0.469. The Morgan fingerprint density at radius 1 is 1.30 bits per heavy atom. The molecule has 128 valence electrons. The van der Waals surface area contributed by atoms with Crippen molar-refractivity contribution >= 4 is 17.2 Å². The average molecular weight is 337 g/mol. The molecule has 4 nitrogen and oxygen atoms in total. The number of carbonyl (C=O) groups excluding carboxylic acids is 1. The number of hydrogen-bond donors (Lipinski definition) is 2. The molecule has 2 aliphatic rings. The summed E-state index contributed by atoms with van der Waals surface area (Å²) in [4.78, 5) is 14.0. The molecule has 2 heterocycles. The van der Waals surface area contributed by atoms with Gasteiger partial charge in [0.2, 0.25) is 0 Å². The number of aliphatic hydroxyl groups excluding tert-OH is 1. The van der Waals surface area contributed by atoms with Gasteiger partial charge in [-0.05, 0) is 44.1 Å². The molecule has 1 amide bonds. The minimum atomic E-state index is -0.309. The van der Waals surface area contributed by atoms with E-state index in [1.807, 2.05) is 5.38 Å². The molecule has 5 heteroatoms. The zero-order valence-electron chi connectivity index (χ0n) is 13.7. The van der Waals surface area contributed by atoms with Crippen LogP contribution in [0, 0.1) is 0 Å². The number of thiophene rings is 1. The summed E-state index contributed by atoms with van der Waals surface area (Å²) in [6.07, 6.45) is 8.63. The Morgan fingerprint density at radius 2 is 2.04 bits per heavy atom. The van der Waals surface area contributed by atoms with Crippen molar-refractivity contribution in [3.05, 3.63) is 21.9 Å². The Morgan fingerprint density at radius 3 is 2.74 bits per heavy atom. The van der Waals surface area contributed by atoms with E-state index in [1.54, 1.807) is 11.3 Å². The Bertz CT molecular complexity index is 511. The van der Waals surface area contributed by atoms with Crippen LogP contribution in [0.2, 0.25) is 0 Å². The van der Waals surface area contributed by atoms with Crippen LogP contribution in [0.25, 0.3) is 0 Å². The van der Waals surface area contributed by atoms with Crippen molar-refractivity contribution in [3.8, 4) is 0 Å². The van der Waals surface area contributed by atoms with Crippen molar-refractivity contribution in [3.63, 3.8) is 0 Å². The van der Waals surface area contributed by atoms with Gasteiger partial charge in [-0.1, -0.05) is 19.3 Å². The molecule has 0 spiro atoms. The molecule has 1 saturated carbocycles. The van der Waals surface area contributed by atoms with Crippen LogP contribution in [-0.4, -0.2) is 36.4 Å². The van der Waals surface area contributed by atoms with Gasteiger partial charge < -0.3 is 15.2 Å². The van der Waals surface area contributed by atoms with E-state index in [2.05, 4.69) is 11.4 Å². The molecule has 0 aromatic carbocycles. The number of rotatable bonds is 5. The van der Waals surface area contributed by atoms with Crippen molar-refractivity contribution < 1.29 is 14.6 Å². The Labute approximate surface area is 142 Å². The first-order chi connectivity index (χ1) is 11.2. The fourth-order valence-electron chi connectivity index (χ4n) is 3.80. The molecule has 0 unspecified atom stereocenters. The lowest BCUT2D eigenvalue weighted by Crippen LogP contribution is -2.52. The van der Waals surface area contributed by atoms with Gasteiger partial charge in [-0.3, -0.25) is 4.79 Å². The monoisotopic (exact) mass is 337 g/mol. The SMILES string of the molecule is O=C(NC1(CCO)CCOCC1)c1csc(C2CCCCC2)c1. The predicted molar refractivity (Wildman–Crippen MR) is 92.1 cm³/mol. The van der Waals surface area contributed by atoms with Gasteiger partial charge in [0.05, 0.1) is 5.56 Å². The molecule has 1 aromatic heterocycles. The molecule has 1 saturated heterocycles. The Kier molecular flexibility index (Phi) is 5.72. The molecule has 1 aliphatic heterocycles. The third kappa shape index (κ3) is 4.14. The molecular formula is C18H27NO3S. The van der Waals surface area contributed by atoms with Gasteiger partial charge in [0.25, 0.3) is 5.91 Å². The number of hydrogen-bond acceptors (Lipinski definition) is 4. The lowest BCUT2D eigenvalue weighted by Gasteiger charge is -2.37. The fourth-order valence-corrected chi connectivity index (χ4v) is 4.86. The van der Waals surface area contributed by atoms with Gasteiger partial charge in [0.15, 0.2) is 0 Å². The summed E-state index contributed by atoms with van der Waals surface area (Å²) >= 11 is 1.72. The van der Waals surface area contributed by atoms with E-state index in [1.165, 1.54) is 37.0 Å². The summed E-state index contributed by atoms with van der Waals surface area (Å²) in [5, 5.41) is 14.5. The van der Waals surface area contributed by atoms with Crippen molar-refractivity contribution in [2.75, 3.05) is 19.8 Å². The summed E-state index contributed by atoms with van der Waals surface area (Å²) in [7, 11) is 0. The molecule has 23 heavy (non-hydrogen) atoms. The average Bonchev–Trinajstić information content (AvgIpc) is 3.07. The molecule has 1 aliphatic carbocycles. The lowest BCUT2D eigenvalue weighted by atomic mass is 9.86. The van der Waals surface area contributed by atoms with Crippen LogP contribution >= 0.6 is 11.3 Å². The quantitative estimate of drug-likeness (QED) is 0.865. The van der Waals surface area contributed by atoms with Crippen LogP contribution in [-0.2, 0) is 4.74 Å². The van der Waals surface area contributed by atoms with Crippen LogP contribution in [0.4, 0.5) is 0 Å². The van der Waals surface area contributed by atoms with Crippen molar-refractivity contribution in [2.45, 2.75) is 62.8 Å². The topological polar surface area (TPSA) is 58.6 Å². The van der Waals surface area contributed by atoms with E-state index >= 15 is 0 Å². The number of carbonyl (C=O) groups is 1. The van der Waals surface area contributed by atoms with Gasteiger partial charge in [-0.25, -0.2) is 0 Å². The molecule has 0 radical (unpaired) electrons. The van der Waals surface area contributed by atoms with Gasteiger partial charge in [-0.15, -0.1) is 11.3 Å². The van der Waals surface area contributed by atoms with Crippen molar-refractivity contribution in [1.29, 1.82) is 0 Å². The van der Waals surface area contributed by atoms with Gasteiger partial charge in [0.1, 0.15) is 0 Å². The fraction of sp³-hybridized carbons (Fsp3) is 0.722. The maximum absolute atomic E-state index is 12.7. The molecule has 2 fully saturated rings. The number of nitrogens with one attached hydrogen (secondary N) is 1. The second-order valence-corrected chi connectivity index (χ2v) is 7.84. The van der Waals surface area contributed by atoms with Crippen LogP contribution in [0.1, 0.15) is 72.5 Å². The van der Waals surface area contributed by atoms with Crippen LogP contribution in [0.5, 0.6) is 0 Å². The normalized spacial score (nSPS) is 22.0. The van der Waals surface area contributed by atoms with Crippen LogP contribution < -0.4 is 5.32 Å². The smallest absolute Gasteiger partial charge is 0.252 e. The summed E-state index contributed by atoms with van der Waals surface area (Å²) in [6.45, 7) is 1.39. The number of ether oxygens (including phenoxy) is 1. The first kappa shape index (κ1) is 16.9. The summed E-state index contributed by atoms with van der Waals surface area (Å²) < 4.78 is 5.41. The maximum Gasteiger partial charge on any atom is 0.252 e. The first-order valence-electron chi connectivity index (χ1n) is 8.82. The van der Waals surface area contributed by atoms with Gasteiger partial charge in [0, 0.05) is 35.6 Å². The highest BCUT2D eigenvalue weighted by Gasteiger charge is 2.34. The molecule has 0 atom stereocenters. The Balaban J connectivity index is 1.66. The van der Waals surface area contributed by atoms with Crippen LogP contribution in [0.3, 0.4) is 0 Å². The van der Waals surface area contributed by atoms with Crippen molar-refractivity contribution in [2.24, 2.45) is 0 Å². The first-order valence-corrected chi connectivity index (χ1v) is 9.70. The lowest BCUT2D eigenvalue weighted by molar-refractivity contribution is 0.0267. The second-order valence-electron chi connectivity index (χ2n) is 6.89. The highest BCUT2D eigenvalue weighted by atomic mass is 32.1. The van der Waals surface area contributed by atoms with Gasteiger partial charge in [-0.2, -0.15) is 0 Å². The van der Waals surface area contributed by atoms with Crippen LogP contribution in [0.15, 0.2) is 11.4 Å². The van der Waals surface area contributed by atoms with E-state index in [4.69, 9.17) is 4.74 Å². The number of amides is 1. The highest BCUT2D eigenvalue weighted by molar-refractivity contribution is 7.10. The minimum Gasteiger partial charge on any atom is -0.396 e. The molecule has 3 rings (SSSR count). The minimum absolute atomic E-state index is 0.00124. The molecular weight excluding hydrogens is 310 g/mol. The third-order valence-electron chi connectivity index (χ3n) is 5.31. The zero-order valence-corrected chi connectivity index (χ0v) is 14.5. The van der Waals surface area contributed by atoms with E-state index < -0.39 is 0 Å². The second kappa shape index (κ2) is 7.77. The standard InChI is InChI=1S/C18H27NO3S/c20-9-6-18(7-10-22-11-8-18)19-17(21)15-12-16(23-13-15)14-4-2-1-3-5-14/h12-14,20H,1-11H2,(H,19,21). The highest BCUT2D eigenvalue weighted by Crippen LogP contribution is 2.36. The molecule has 0 bridgehead atoms. The summed E-state index contributed by atoms with van der Waals surface area (Å²) in [5.74, 6) is 0.642. The molecule has 1 aromatic rings.